The van der Waals surface area contributed by atoms with Gasteiger partial charge in [-0.1, -0.05) is 20.8 Å². The number of amides is 2. The molecule has 21 heavy (non-hydrogen) atoms. The van der Waals surface area contributed by atoms with Crippen LogP contribution in [0, 0.1) is 11.8 Å². The fourth-order valence-corrected chi connectivity index (χ4v) is 3.05. The van der Waals surface area contributed by atoms with Gasteiger partial charge in [-0.15, -0.1) is 0 Å². The average Bonchev–Trinajstić information content (AvgIpc) is 3.26. The molecule has 0 radical (unpaired) electrons. The van der Waals surface area contributed by atoms with Crippen LogP contribution in [0.25, 0.3) is 0 Å². The minimum atomic E-state index is -0.691. The maximum absolute atomic E-state index is 12.6. The zero-order valence-electron chi connectivity index (χ0n) is 13.6. The van der Waals surface area contributed by atoms with Crippen molar-refractivity contribution in [2.45, 2.75) is 58.5 Å². The van der Waals surface area contributed by atoms with Gasteiger partial charge in [0.05, 0.1) is 6.61 Å². The third-order valence-corrected chi connectivity index (χ3v) is 4.58. The minimum absolute atomic E-state index is 0.000287. The summed E-state index contributed by atoms with van der Waals surface area (Å²) in [7, 11) is 0. The Bertz CT molecular complexity index is 406. The van der Waals surface area contributed by atoms with Crippen molar-refractivity contribution in [3.63, 3.8) is 0 Å². The molecule has 0 bridgehead atoms. The van der Waals surface area contributed by atoms with Crippen LogP contribution in [0.2, 0.25) is 0 Å². The summed E-state index contributed by atoms with van der Waals surface area (Å²) in [5, 5.41) is 2.90. The number of carbonyl (C=O) groups excluding carboxylic acids is 2. The van der Waals surface area contributed by atoms with E-state index < -0.39 is 5.54 Å². The Balaban J connectivity index is 2.06. The van der Waals surface area contributed by atoms with Gasteiger partial charge in [-0.05, 0) is 38.0 Å². The van der Waals surface area contributed by atoms with Crippen molar-refractivity contribution in [1.29, 1.82) is 0 Å². The highest BCUT2D eigenvalue weighted by molar-refractivity contribution is 6.00. The van der Waals surface area contributed by atoms with Crippen LogP contribution in [-0.4, -0.2) is 48.1 Å². The van der Waals surface area contributed by atoms with E-state index in [-0.39, 0.29) is 17.9 Å². The van der Waals surface area contributed by atoms with Crippen molar-refractivity contribution in [2.75, 3.05) is 19.8 Å². The van der Waals surface area contributed by atoms with Crippen LogP contribution in [0.5, 0.6) is 0 Å². The highest BCUT2D eigenvalue weighted by Gasteiger charge is 2.56. The van der Waals surface area contributed by atoms with E-state index in [4.69, 9.17) is 4.74 Å². The Morgan fingerprint density at radius 1 is 1.38 bits per heavy atom. The molecule has 0 aromatic heterocycles. The predicted molar refractivity (Wildman–Crippen MR) is 80.7 cm³/mol. The summed E-state index contributed by atoms with van der Waals surface area (Å²) in [6, 6.07) is -0.380. The SMILES string of the molecule is CCC1NC(=O)C(C)(C2CC2)N(CCOCC(C)C)C1=O. The van der Waals surface area contributed by atoms with E-state index in [1.54, 1.807) is 4.90 Å². The van der Waals surface area contributed by atoms with Crippen molar-refractivity contribution in [3.05, 3.63) is 0 Å². The highest BCUT2D eigenvalue weighted by atomic mass is 16.5. The molecule has 2 unspecified atom stereocenters. The molecule has 5 heteroatoms. The molecule has 2 rings (SSSR count). The van der Waals surface area contributed by atoms with Gasteiger partial charge in [0, 0.05) is 13.2 Å². The lowest BCUT2D eigenvalue weighted by molar-refractivity contribution is -0.159. The first kappa shape index (κ1) is 16.3. The van der Waals surface area contributed by atoms with E-state index in [0.717, 1.165) is 12.8 Å². The van der Waals surface area contributed by atoms with Gasteiger partial charge in [0.15, 0.2) is 0 Å². The topological polar surface area (TPSA) is 58.6 Å². The van der Waals surface area contributed by atoms with Crippen LogP contribution in [0.4, 0.5) is 0 Å². The van der Waals surface area contributed by atoms with Gasteiger partial charge in [0.1, 0.15) is 11.6 Å². The van der Waals surface area contributed by atoms with Gasteiger partial charge in [0.25, 0.3) is 0 Å². The lowest BCUT2D eigenvalue weighted by Gasteiger charge is -2.46. The van der Waals surface area contributed by atoms with Crippen LogP contribution >= 0.6 is 0 Å². The first-order valence-electron chi connectivity index (χ1n) is 8.11. The summed E-state index contributed by atoms with van der Waals surface area (Å²) in [5.41, 5.74) is -0.691. The number of nitrogens with one attached hydrogen (secondary N) is 1. The smallest absolute Gasteiger partial charge is 0.246 e. The molecular formula is C16H28N2O3. The number of ether oxygens (including phenoxy) is 1. The molecule has 1 N–H and O–H groups in total. The molecule has 0 spiro atoms. The maximum atomic E-state index is 12.6. The van der Waals surface area contributed by atoms with Crippen molar-refractivity contribution < 1.29 is 14.3 Å². The summed E-state index contributed by atoms with van der Waals surface area (Å²) in [6.07, 6.45) is 2.68. The van der Waals surface area contributed by atoms with Gasteiger partial charge in [-0.2, -0.15) is 0 Å². The lowest BCUT2D eigenvalue weighted by atomic mass is 9.87. The molecule has 120 valence electrons. The zero-order chi connectivity index (χ0) is 15.6. The van der Waals surface area contributed by atoms with E-state index in [1.807, 2.05) is 13.8 Å². The van der Waals surface area contributed by atoms with E-state index in [2.05, 4.69) is 19.2 Å². The Morgan fingerprint density at radius 2 is 2.05 bits per heavy atom. The van der Waals surface area contributed by atoms with Gasteiger partial charge < -0.3 is 15.0 Å². The first-order chi connectivity index (χ1) is 9.91. The van der Waals surface area contributed by atoms with Crippen LogP contribution in [0.15, 0.2) is 0 Å². The second kappa shape index (κ2) is 6.34. The van der Waals surface area contributed by atoms with E-state index in [9.17, 15) is 9.59 Å². The number of rotatable bonds is 7. The molecule has 1 heterocycles. The van der Waals surface area contributed by atoms with Crippen LogP contribution in [0.1, 0.15) is 47.0 Å². The quantitative estimate of drug-likeness (QED) is 0.725. The molecule has 0 aromatic rings. The Hall–Kier alpha value is -1.10. The number of hydrogen-bond donors (Lipinski definition) is 1. The highest BCUT2D eigenvalue weighted by Crippen LogP contribution is 2.44. The molecule has 2 aliphatic rings. The summed E-state index contributed by atoms with van der Waals surface area (Å²) in [5.74, 6) is 0.813. The third-order valence-electron chi connectivity index (χ3n) is 4.58. The average molecular weight is 296 g/mol. The van der Waals surface area contributed by atoms with Gasteiger partial charge in [-0.3, -0.25) is 9.59 Å². The molecule has 1 aliphatic carbocycles. The van der Waals surface area contributed by atoms with Crippen molar-refractivity contribution in [2.24, 2.45) is 11.8 Å². The van der Waals surface area contributed by atoms with Gasteiger partial charge >= 0.3 is 0 Å². The van der Waals surface area contributed by atoms with Crippen LogP contribution < -0.4 is 5.32 Å². The summed E-state index contributed by atoms with van der Waals surface area (Å²) in [4.78, 5) is 26.9. The number of nitrogens with zero attached hydrogens (tertiary/aromatic N) is 1. The summed E-state index contributed by atoms with van der Waals surface area (Å²) >= 11 is 0. The minimum Gasteiger partial charge on any atom is -0.379 e. The predicted octanol–water partition coefficient (Wildman–Crippen LogP) is 1.56. The summed E-state index contributed by atoms with van der Waals surface area (Å²) in [6.45, 7) is 9.72. The Morgan fingerprint density at radius 3 is 2.57 bits per heavy atom. The molecule has 1 saturated carbocycles. The lowest BCUT2D eigenvalue weighted by Crippen LogP contribution is -2.70. The molecule has 2 fully saturated rings. The Labute approximate surface area is 127 Å². The second-order valence-electron chi connectivity index (χ2n) is 6.81. The molecule has 5 nitrogen and oxygen atoms in total. The number of carbonyl (C=O) groups is 2. The van der Waals surface area contributed by atoms with Crippen molar-refractivity contribution in [3.8, 4) is 0 Å². The Kier molecular flexibility index (Phi) is 4.91. The standard InChI is InChI=1S/C16H28N2O3/c1-5-13-14(19)18(8-9-21-10-11(2)3)16(4,12-6-7-12)15(20)17-13/h11-13H,5-10H2,1-4H3,(H,17,20). The van der Waals surface area contributed by atoms with Gasteiger partial charge in [-0.25, -0.2) is 0 Å². The van der Waals surface area contributed by atoms with Crippen molar-refractivity contribution >= 4 is 11.8 Å². The van der Waals surface area contributed by atoms with Crippen LogP contribution in [0.3, 0.4) is 0 Å². The molecule has 1 aliphatic heterocycles. The van der Waals surface area contributed by atoms with E-state index in [1.165, 1.54) is 0 Å². The molecule has 2 amide bonds. The number of hydrogen-bond acceptors (Lipinski definition) is 3. The normalized spacial score (nSPS) is 30.0. The maximum Gasteiger partial charge on any atom is 0.246 e. The molecule has 2 atom stereocenters. The van der Waals surface area contributed by atoms with Gasteiger partial charge in [0.2, 0.25) is 11.8 Å². The molecule has 1 saturated heterocycles. The number of piperazine rings is 1. The van der Waals surface area contributed by atoms with Crippen molar-refractivity contribution in [1.82, 2.24) is 10.2 Å². The molecular weight excluding hydrogens is 268 g/mol. The molecule has 0 aromatic carbocycles. The first-order valence-corrected chi connectivity index (χ1v) is 8.11. The summed E-state index contributed by atoms with van der Waals surface area (Å²) < 4.78 is 5.62. The van der Waals surface area contributed by atoms with E-state index in [0.29, 0.717) is 38.0 Å². The second-order valence-corrected chi connectivity index (χ2v) is 6.81. The van der Waals surface area contributed by atoms with E-state index >= 15 is 0 Å². The monoisotopic (exact) mass is 296 g/mol. The zero-order valence-corrected chi connectivity index (χ0v) is 13.6. The third kappa shape index (κ3) is 3.23. The fourth-order valence-electron chi connectivity index (χ4n) is 3.05. The largest absolute Gasteiger partial charge is 0.379 e. The fraction of sp³-hybridized carbons (Fsp3) is 0.875. The van der Waals surface area contributed by atoms with Crippen LogP contribution in [-0.2, 0) is 14.3 Å².